The van der Waals surface area contributed by atoms with Gasteiger partial charge in [0.2, 0.25) is 0 Å². The fourth-order valence-electron chi connectivity index (χ4n) is 5.85. The van der Waals surface area contributed by atoms with Crippen molar-refractivity contribution in [1.82, 2.24) is 4.90 Å². The fraction of sp³-hybridized carbons (Fsp3) is 0.571. The molecule has 0 bridgehead atoms. The second-order valence-corrected chi connectivity index (χ2v) is 9.84. The Morgan fingerprint density at radius 1 is 0.879 bits per heavy atom. The van der Waals surface area contributed by atoms with Crippen LogP contribution in [0.2, 0.25) is 0 Å². The molecule has 1 fully saturated rings. The number of β-amino-alcohol motifs (C(OH)–C–C–N with tert-alkyl or cyclic N) is 1. The van der Waals surface area contributed by atoms with Gasteiger partial charge in [-0.05, 0) is 91.8 Å². The van der Waals surface area contributed by atoms with Crippen molar-refractivity contribution in [3.05, 3.63) is 52.6 Å². The number of aliphatic hydroxyl groups excluding tert-OH is 1. The van der Waals surface area contributed by atoms with Gasteiger partial charge in [-0.3, -0.25) is 4.90 Å². The first-order chi connectivity index (χ1) is 16.2. The average Bonchev–Trinajstić information content (AvgIpc) is 2.88. The van der Waals surface area contributed by atoms with Crippen LogP contribution < -0.4 is 14.4 Å². The summed E-state index contributed by atoms with van der Waals surface area (Å²) in [5.41, 5.74) is 7.34. The first kappa shape index (κ1) is 22.5. The number of methoxy groups -OCH3 is 1. The standard InChI is InChI=1S/C28H38N2O3/c1-32-24-9-6-8-22(18-24)30-15-13-29(14-16-30)19-23(31)20-33-28-17-21-7-2-3-10-25(21)26-11-4-5-12-27(26)28/h6,8-9,17-18,23,31H,2-5,7,10-16,19-20H2,1H3/t23-/m1/s1. The molecule has 0 saturated carbocycles. The molecule has 3 aliphatic rings. The Morgan fingerprint density at radius 3 is 2.39 bits per heavy atom. The van der Waals surface area contributed by atoms with Gasteiger partial charge in [-0.15, -0.1) is 0 Å². The highest BCUT2D eigenvalue weighted by Gasteiger charge is 2.24. The highest BCUT2D eigenvalue weighted by molar-refractivity contribution is 5.52. The van der Waals surface area contributed by atoms with Crippen LogP contribution in [-0.2, 0) is 25.7 Å². The van der Waals surface area contributed by atoms with E-state index in [0.717, 1.165) is 44.1 Å². The van der Waals surface area contributed by atoms with Gasteiger partial charge in [-0.2, -0.15) is 0 Å². The Labute approximate surface area is 198 Å². The zero-order valence-corrected chi connectivity index (χ0v) is 20.0. The molecule has 1 atom stereocenters. The minimum Gasteiger partial charge on any atom is -0.497 e. The zero-order valence-electron chi connectivity index (χ0n) is 20.0. The molecule has 1 aliphatic heterocycles. The van der Waals surface area contributed by atoms with Gasteiger partial charge in [0.05, 0.1) is 7.11 Å². The smallest absolute Gasteiger partial charge is 0.123 e. The Morgan fingerprint density at radius 2 is 1.61 bits per heavy atom. The Hall–Kier alpha value is -2.24. The number of hydrogen-bond donors (Lipinski definition) is 1. The van der Waals surface area contributed by atoms with Crippen LogP contribution in [0.3, 0.4) is 0 Å². The van der Waals surface area contributed by atoms with Gasteiger partial charge in [0.15, 0.2) is 0 Å². The van der Waals surface area contributed by atoms with E-state index in [4.69, 9.17) is 9.47 Å². The Kier molecular flexibility index (Phi) is 7.07. The number of piperazine rings is 1. The predicted octanol–water partition coefficient (Wildman–Crippen LogP) is 4.01. The van der Waals surface area contributed by atoms with Crippen LogP contribution in [-0.4, -0.2) is 62.6 Å². The maximum absolute atomic E-state index is 10.8. The molecule has 1 saturated heterocycles. The summed E-state index contributed by atoms with van der Waals surface area (Å²) in [5, 5.41) is 10.8. The maximum atomic E-state index is 10.8. The molecule has 1 N–H and O–H groups in total. The highest BCUT2D eigenvalue weighted by atomic mass is 16.5. The summed E-state index contributed by atoms with van der Waals surface area (Å²) in [5.74, 6) is 1.94. The molecule has 0 spiro atoms. The second-order valence-electron chi connectivity index (χ2n) is 9.84. The molecule has 5 heteroatoms. The Balaban J connectivity index is 1.15. The third-order valence-corrected chi connectivity index (χ3v) is 7.64. The van der Waals surface area contributed by atoms with Gasteiger partial charge < -0.3 is 19.5 Å². The normalized spacial score (nSPS) is 19.5. The van der Waals surface area contributed by atoms with Gasteiger partial charge >= 0.3 is 0 Å². The lowest BCUT2D eigenvalue weighted by Crippen LogP contribution is -2.49. The van der Waals surface area contributed by atoms with Crippen molar-refractivity contribution >= 4 is 5.69 Å². The number of benzene rings is 2. The summed E-state index contributed by atoms with van der Waals surface area (Å²) in [6, 6.07) is 10.6. The van der Waals surface area contributed by atoms with Crippen molar-refractivity contribution < 1.29 is 14.6 Å². The lowest BCUT2D eigenvalue weighted by Gasteiger charge is -2.37. The van der Waals surface area contributed by atoms with Gasteiger partial charge in [-0.1, -0.05) is 6.07 Å². The molecule has 178 valence electrons. The van der Waals surface area contributed by atoms with Crippen LogP contribution in [0, 0.1) is 0 Å². The maximum Gasteiger partial charge on any atom is 0.123 e. The van der Waals surface area contributed by atoms with Crippen molar-refractivity contribution in [2.24, 2.45) is 0 Å². The minimum absolute atomic E-state index is 0.376. The minimum atomic E-state index is -0.469. The summed E-state index contributed by atoms with van der Waals surface area (Å²) in [4.78, 5) is 4.74. The van der Waals surface area contributed by atoms with E-state index < -0.39 is 6.10 Å². The van der Waals surface area contributed by atoms with Crippen LogP contribution >= 0.6 is 0 Å². The summed E-state index contributed by atoms with van der Waals surface area (Å²) < 4.78 is 11.7. The van der Waals surface area contributed by atoms with E-state index >= 15 is 0 Å². The van der Waals surface area contributed by atoms with Gasteiger partial charge in [0.1, 0.15) is 24.2 Å². The summed E-state index contributed by atoms with van der Waals surface area (Å²) in [6.45, 7) is 4.85. The van der Waals surface area contributed by atoms with Crippen LogP contribution in [0.15, 0.2) is 30.3 Å². The second kappa shape index (κ2) is 10.4. The van der Waals surface area contributed by atoms with E-state index in [1.807, 2.05) is 12.1 Å². The predicted molar refractivity (Wildman–Crippen MR) is 133 cm³/mol. The summed E-state index contributed by atoms with van der Waals surface area (Å²) >= 11 is 0. The zero-order chi connectivity index (χ0) is 22.6. The number of aliphatic hydroxyl groups is 1. The molecule has 0 aromatic heterocycles. The molecule has 1 heterocycles. The fourth-order valence-corrected chi connectivity index (χ4v) is 5.85. The molecular weight excluding hydrogens is 412 g/mol. The number of anilines is 1. The van der Waals surface area contributed by atoms with Crippen LogP contribution in [0.1, 0.15) is 47.9 Å². The van der Waals surface area contributed by atoms with Crippen LogP contribution in [0.4, 0.5) is 5.69 Å². The molecule has 2 aliphatic carbocycles. The molecule has 33 heavy (non-hydrogen) atoms. The van der Waals surface area contributed by atoms with Crippen molar-refractivity contribution in [2.45, 2.75) is 57.5 Å². The molecule has 0 radical (unpaired) electrons. The molecule has 2 aromatic carbocycles. The lowest BCUT2D eigenvalue weighted by molar-refractivity contribution is 0.0658. The van der Waals surface area contributed by atoms with E-state index in [-0.39, 0.29) is 0 Å². The van der Waals surface area contributed by atoms with Crippen LogP contribution in [0.25, 0.3) is 0 Å². The largest absolute Gasteiger partial charge is 0.497 e. The molecule has 5 nitrogen and oxygen atoms in total. The van der Waals surface area contributed by atoms with E-state index in [1.165, 1.54) is 61.8 Å². The number of nitrogens with zero attached hydrogens (tertiary/aromatic N) is 2. The van der Waals surface area contributed by atoms with E-state index in [0.29, 0.717) is 13.2 Å². The van der Waals surface area contributed by atoms with Gasteiger partial charge in [-0.25, -0.2) is 0 Å². The number of fused-ring (bicyclic) bond motifs is 3. The molecular formula is C28H38N2O3. The number of hydrogen-bond acceptors (Lipinski definition) is 5. The summed E-state index contributed by atoms with van der Waals surface area (Å²) in [7, 11) is 1.71. The third-order valence-electron chi connectivity index (χ3n) is 7.64. The van der Waals surface area contributed by atoms with Crippen LogP contribution in [0.5, 0.6) is 11.5 Å². The SMILES string of the molecule is COc1cccc(N2CCN(C[C@@H](O)COc3cc4c(c5c3CCCC5)CCCC4)CC2)c1. The van der Waals surface area contributed by atoms with Crippen molar-refractivity contribution in [1.29, 1.82) is 0 Å². The van der Waals surface area contributed by atoms with Crippen molar-refractivity contribution in [2.75, 3.05) is 51.3 Å². The van der Waals surface area contributed by atoms with Gasteiger partial charge in [0, 0.05) is 44.5 Å². The van der Waals surface area contributed by atoms with E-state index in [1.54, 1.807) is 18.2 Å². The quantitative estimate of drug-likeness (QED) is 0.691. The summed E-state index contributed by atoms with van der Waals surface area (Å²) in [6.07, 6.45) is 9.44. The number of ether oxygens (including phenoxy) is 2. The van der Waals surface area contributed by atoms with Crippen molar-refractivity contribution in [3.8, 4) is 11.5 Å². The molecule has 0 unspecified atom stereocenters. The molecule has 0 amide bonds. The molecule has 2 aromatic rings. The van der Waals surface area contributed by atoms with Crippen molar-refractivity contribution in [3.63, 3.8) is 0 Å². The first-order valence-corrected chi connectivity index (χ1v) is 12.8. The topological polar surface area (TPSA) is 45.2 Å². The molecule has 5 rings (SSSR count). The lowest BCUT2D eigenvalue weighted by atomic mass is 9.80. The third kappa shape index (κ3) is 5.15. The van der Waals surface area contributed by atoms with Gasteiger partial charge in [0.25, 0.3) is 0 Å². The highest BCUT2D eigenvalue weighted by Crippen LogP contribution is 2.38. The van der Waals surface area contributed by atoms with E-state index in [2.05, 4.69) is 28.0 Å². The monoisotopic (exact) mass is 450 g/mol. The van der Waals surface area contributed by atoms with E-state index in [9.17, 15) is 5.11 Å². The Bertz CT molecular complexity index is 952. The number of aryl methyl sites for hydroxylation is 1. The average molecular weight is 451 g/mol. The number of rotatable bonds is 7. The first-order valence-electron chi connectivity index (χ1n) is 12.8.